The van der Waals surface area contributed by atoms with Gasteiger partial charge in [0.15, 0.2) is 0 Å². The standard InChI is InChI=1S/C61H87N12O12P/c1-12-35-36(13-20-51(80)67-27-32(4)84-86(81,82)85-43-24-52(83-44(43)28-74)73-29-68-41-21-30(2)31(3)22-42(41)73)53-33(5)54-38(15-18-47(63)76)58(7,8)45(70-54)23-40-37(14-17-46(62)75)59(9,25-49(65)78)56(69-40)34(6)55-39(16-19-48(64)77)60(10,26-50(66)79)61(11,72-55)57(35)71-53/h21-24,29,32,35,37-39,43-44,52,57,74H,12-20,25-28H2,1-11H3,(H13,62,63,64,65,66,67,69,70,71,72,75,76,77,78,79,80,81,82)/p-2/t32-,35-,37-,38-,39?,43+,44-,52+,57+,59+,60+,61+/m1/s1. The van der Waals surface area contributed by atoms with E-state index in [0.717, 1.165) is 22.6 Å². The maximum absolute atomic E-state index is 14.1. The van der Waals surface area contributed by atoms with Crippen molar-refractivity contribution in [1.29, 1.82) is 0 Å². The summed E-state index contributed by atoms with van der Waals surface area (Å²) in [4.78, 5) is 113. The maximum Gasteiger partial charge on any atom is 0.268 e. The highest BCUT2D eigenvalue weighted by atomic mass is 31.2. The van der Waals surface area contributed by atoms with Gasteiger partial charge < -0.3 is 67.7 Å². The van der Waals surface area contributed by atoms with E-state index in [4.69, 9.17) is 62.7 Å². The number of phosphoric acid groups is 1. The summed E-state index contributed by atoms with van der Waals surface area (Å²) in [6.45, 7) is 20.2. The van der Waals surface area contributed by atoms with Crippen molar-refractivity contribution in [2.75, 3.05) is 13.2 Å². The number of ether oxygens (including phenoxy) is 1. The molecule has 8 rings (SSSR count). The van der Waals surface area contributed by atoms with Crippen molar-refractivity contribution in [2.45, 2.75) is 183 Å². The van der Waals surface area contributed by atoms with Crippen LogP contribution in [0.3, 0.4) is 0 Å². The lowest BCUT2D eigenvalue weighted by molar-refractivity contribution is -0.234. The molecule has 12 N–H and O–H groups in total. The highest BCUT2D eigenvalue weighted by Crippen LogP contribution is 2.66. The number of carbonyl (C=O) groups excluding carboxylic acids is 6. The molecule has 7 heterocycles. The van der Waals surface area contributed by atoms with Crippen LogP contribution < -0.4 is 38.9 Å². The minimum atomic E-state index is -5.09. The van der Waals surface area contributed by atoms with E-state index in [-0.39, 0.29) is 64.3 Å². The summed E-state index contributed by atoms with van der Waals surface area (Å²) in [5.41, 5.74) is 33.6. The number of carbonyl (C=O) groups is 6. The van der Waals surface area contributed by atoms with Crippen LogP contribution in [0.15, 0.2) is 67.8 Å². The molecule has 2 radical (unpaired) electrons. The zero-order chi connectivity index (χ0) is 63.3. The molecule has 24 nitrogen and oxygen atoms in total. The quantitative estimate of drug-likeness (QED) is 0.0625. The first-order chi connectivity index (χ1) is 40.2. The lowest BCUT2D eigenvalue weighted by Crippen LogP contribution is -2.53. The Kier molecular flexibility index (Phi) is 19.0. The number of hydrogen-bond acceptors (Lipinski definition) is 16. The van der Waals surface area contributed by atoms with Gasteiger partial charge in [-0.2, -0.15) is 5.70 Å². The minimum absolute atomic E-state index is 0.0202. The fraction of sp³-hybridized carbons (Fsp3) is 0.607. The Bertz CT molecular complexity index is 3330. The van der Waals surface area contributed by atoms with Crippen molar-refractivity contribution < 1.29 is 57.1 Å². The monoisotopic (exact) mass is 1210 g/mol. The highest BCUT2D eigenvalue weighted by molar-refractivity contribution is 7.45. The van der Waals surface area contributed by atoms with Gasteiger partial charge in [0.25, 0.3) is 7.82 Å². The molecule has 6 amide bonds. The normalized spacial score (nSPS) is 32.1. The molecular weight excluding hydrogens is 1120 g/mol. The predicted molar refractivity (Wildman–Crippen MR) is 322 cm³/mol. The van der Waals surface area contributed by atoms with E-state index in [1.165, 1.54) is 13.3 Å². The molecule has 2 unspecified atom stereocenters. The van der Waals surface area contributed by atoms with Crippen LogP contribution in [0.5, 0.6) is 0 Å². The largest absolute Gasteiger partial charge is 0.756 e. The van der Waals surface area contributed by atoms with Gasteiger partial charge in [-0.1, -0.05) is 53.5 Å². The smallest absolute Gasteiger partial charge is 0.268 e. The minimum Gasteiger partial charge on any atom is -0.756 e. The molecule has 0 saturated carbocycles. The zero-order valence-corrected chi connectivity index (χ0v) is 52.1. The number of phosphoric ester groups is 1. The molecule has 0 spiro atoms. The number of aliphatic hydroxyl groups is 1. The second-order valence-corrected chi connectivity index (χ2v) is 26.9. The van der Waals surface area contributed by atoms with Gasteiger partial charge >= 0.3 is 0 Å². The van der Waals surface area contributed by atoms with Crippen molar-refractivity contribution in [1.82, 2.24) is 14.9 Å². The second-order valence-electron chi connectivity index (χ2n) is 25.5. The Morgan fingerprint density at radius 2 is 1.47 bits per heavy atom. The second kappa shape index (κ2) is 25.0. The number of aryl methyl sites for hydroxylation is 2. The number of hydrogen-bond donors (Lipinski definition) is 7. The number of allylic oxidation sites excluding steroid dienone is 6. The first kappa shape index (κ1) is 65.5. The first-order valence-electron chi connectivity index (χ1n) is 29.6. The Morgan fingerprint density at radius 1 is 0.849 bits per heavy atom. The van der Waals surface area contributed by atoms with E-state index in [0.29, 0.717) is 63.7 Å². The third kappa shape index (κ3) is 12.7. The molecule has 2 saturated heterocycles. The number of benzene rings is 1. The molecule has 6 aliphatic heterocycles. The predicted octanol–water partition coefficient (Wildman–Crippen LogP) is 5.26. The number of primary amides is 5. The van der Waals surface area contributed by atoms with Crippen molar-refractivity contribution in [3.63, 3.8) is 0 Å². The third-order valence-corrected chi connectivity index (χ3v) is 20.5. The molecule has 6 aliphatic rings. The molecule has 2 fully saturated rings. The topological polar surface area (TPSA) is 402 Å². The average Bonchev–Trinajstić information content (AvgIpc) is 1.57. The molecule has 13 atom stereocenters. The first-order valence-corrected chi connectivity index (χ1v) is 31.1. The Balaban J connectivity index is 1.14. The number of nitrogens with two attached hydrogens (primary N) is 5. The molecule has 1 aromatic carbocycles. The number of imidazole rings is 1. The number of aliphatic hydroxyl groups excluding tert-OH is 1. The SMILES string of the molecule is CC[C@@H]1[C](CCC(=O)NC[C@@H](C)OP(=O)([O-])O[C@H]2[CH][C@@H](n3cnc4cc(C)c(C)cc43)O[C@@H]2CO)C2=N[C@@H]1[C@]1(C)[N-]/C(=C(\C)C3=N/C(=C\C4=NC(=C2C)[C@@H](CCC(N)=O)C4(C)C)[C@@H](CCC(N)=O)[C@]3(C)CC(N)=O)C(CCC(N)=O)[C@]1(C)CC(N)=O. The van der Waals surface area contributed by atoms with Gasteiger partial charge in [0.2, 0.25) is 35.4 Å². The van der Waals surface area contributed by atoms with Crippen LogP contribution in [0.1, 0.15) is 150 Å². The zero-order valence-electron chi connectivity index (χ0n) is 51.2. The summed E-state index contributed by atoms with van der Waals surface area (Å²) in [5.74, 6) is -4.64. The van der Waals surface area contributed by atoms with Gasteiger partial charge in [-0.05, 0) is 118 Å². The van der Waals surface area contributed by atoms with Gasteiger partial charge in [-0.3, -0.25) is 48.3 Å². The van der Waals surface area contributed by atoms with E-state index in [1.54, 1.807) is 10.9 Å². The van der Waals surface area contributed by atoms with Gasteiger partial charge in [0.05, 0.1) is 30.1 Å². The Morgan fingerprint density at radius 3 is 2.07 bits per heavy atom. The Labute approximate surface area is 502 Å². The lowest BCUT2D eigenvalue weighted by atomic mass is 9.58. The summed E-state index contributed by atoms with van der Waals surface area (Å²) in [7, 11) is -5.09. The van der Waals surface area contributed by atoms with Crippen LogP contribution in [-0.2, 0) is 47.1 Å². The number of amides is 6. The summed E-state index contributed by atoms with van der Waals surface area (Å²) in [6.07, 6.45) is 1.49. The molecule has 8 bridgehead atoms. The fourth-order valence-electron chi connectivity index (χ4n) is 14.5. The van der Waals surface area contributed by atoms with Crippen LogP contribution in [0.25, 0.3) is 16.4 Å². The van der Waals surface area contributed by atoms with E-state index < -0.39 is 126 Å². The number of fused-ring (bicyclic) bond motifs is 7. The maximum atomic E-state index is 14.1. The summed E-state index contributed by atoms with van der Waals surface area (Å²) in [6, 6.07) is 3.16. The molecule has 86 heavy (non-hydrogen) atoms. The van der Waals surface area contributed by atoms with Crippen LogP contribution >= 0.6 is 7.82 Å². The molecule has 2 aromatic rings. The van der Waals surface area contributed by atoms with Crippen LogP contribution in [0.4, 0.5) is 0 Å². The molecular formula is C61H85N12O12P-2. The average molecular weight is 1210 g/mol. The Hall–Kier alpha value is -6.43. The van der Waals surface area contributed by atoms with E-state index in [2.05, 4.69) is 10.3 Å². The lowest BCUT2D eigenvalue weighted by Gasteiger charge is -2.55. The number of rotatable bonds is 25. The summed E-state index contributed by atoms with van der Waals surface area (Å²) in [5, 5.41) is 18.7. The van der Waals surface area contributed by atoms with Crippen LogP contribution in [0.2, 0.25) is 0 Å². The number of aliphatic imine (C=N–C) groups is 3. The molecule has 0 aliphatic carbocycles. The molecule has 1 aromatic heterocycles. The van der Waals surface area contributed by atoms with Crippen LogP contribution in [0, 0.1) is 66.1 Å². The van der Waals surface area contributed by atoms with Crippen molar-refractivity contribution >= 4 is 71.4 Å². The fourth-order valence-corrected chi connectivity index (χ4v) is 15.5. The molecule has 25 heteroatoms. The van der Waals surface area contributed by atoms with E-state index in [1.807, 2.05) is 87.4 Å². The van der Waals surface area contributed by atoms with Gasteiger partial charge in [0, 0.05) is 115 Å². The van der Waals surface area contributed by atoms with Crippen molar-refractivity contribution in [2.24, 2.45) is 83.6 Å². The van der Waals surface area contributed by atoms with Crippen LogP contribution in [-0.4, -0.2) is 110 Å². The number of nitrogens with zero attached hydrogens (tertiary/aromatic N) is 6. The third-order valence-electron chi connectivity index (χ3n) is 19.4. The number of aromatic nitrogens is 2. The van der Waals surface area contributed by atoms with E-state index >= 15 is 0 Å². The van der Waals surface area contributed by atoms with Crippen molar-refractivity contribution in [3.8, 4) is 0 Å². The number of nitrogens with one attached hydrogen (secondary N) is 1. The highest BCUT2D eigenvalue weighted by Gasteiger charge is 2.59. The molecule has 468 valence electrons. The van der Waals surface area contributed by atoms with E-state index in [9.17, 15) is 43.3 Å². The van der Waals surface area contributed by atoms with Gasteiger partial charge in [-0.25, -0.2) is 4.98 Å². The summed E-state index contributed by atoms with van der Waals surface area (Å²) < 4.78 is 32.2. The van der Waals surface area contributed by atoms with Gasteiger partial charge in [-0.15, -0.1) is 0 Å². The van der Waals surface area contributed by atoms with Gasteiger partial charge in [0.1, 0.15) is 18.4 Å². The van der Waals surface area contributed by atoms with Crippen molar-refractivity contribution in [3.05, 3.63) is 81.6 Å². The summed E-state index contributed by atoms with van der Waals surface area (Å²) >= 11 is 0.